The van der Waals surface area contributed by atoms with Gasteiger partial charge in [0, 0.05) is 19.5 Å². The average Bonchev–Trinajstić information content (AvgIpc) is 3.29. The number of nitrogens with one attached hydrogen (secondary N) is 1. The van der Waals surface area contributed by atoms with E-state index in [-0.39, 0.29) is 31.4 Å². The topological polar surface area (TPSA) is 88.9 Å². The molecular weight excluding hydrogens is 336 g/mol. The molecule has 7 heteroatoms. The van der Waals surface area contributed by atoms with Crippen LogP contribution in [0.1, 0.15) is 17.7 Å². The highest BCUT2D eigenvalue weighted by molar-refractivity contribution is 5.88. The van der Waals surface area contributed by atoms with Gasteiger partial charge in [-0.05, 0) is 17.7 Å². The first kappa shape index (κ1) is 17.7. The molecule has 2 aromatic rings. The van der Waals surface area contributed by atoms with Crippen molar-refractivity contribution < 1.29 is 23.5 Å². The Hall–Kier alpha value is -3.09. The zero-order chi connectivity index (χ0) is 18.4. The van der Waals surface area contributed by atoms with Gasteiger partial charge in [-0.3, -0.25) is 14.4 Å². The molecule has 2 amide bonds. The molecule has 0 radical (unpaired) electrons. The Kier molecular flexibility index (Phi) is 5.68. The fourth-order valence-electron chi connectivity index (χ4n) is 2.78. The second kappa shape index (κ2) is 8.33. The number of hydrogen-bond acceptors (Lipinski definition) is 5. The minimum absolute atomic E-state index is 0.0885. The van der Waals surface area contributed by atoms with Crippen LogP contribution in [0.25, 0.3) is 0 Å². The van der Waals surface area contributed by atoms with Crippen molar-refractivity contribution in [3.63, 3.8) is 0 Å². The van der Waals surface area contributed by atoms with Crippen molar-refractivity contribution in [3.8, 4) is 0 Å². The molecule has 26 heavy (non-hydrogen) atoms. The number of hydrogen-bond donors (Lipinski definition) is 1. The quantitative estimate of drug-likeness (QED) is 0.759. The molecule has 0 bridgehead atoms. The first-order valence-electron chi connectivity index (χ1n) is 8.39. The Morgan fingerprint density at radius 2 is 2.00 bits per heavy atom. The number of rotatable bonds is 7. The summed E-state index contributed by atoms with van der Waals surface area (Å²) in [5, 5.41) is 2.69. The summed E-state index contributed by atoms with van der Waals surface area (Å²) < 4.78 is 10.3. The van der Waals surface area contributed by atoms with Gasteiger partial charge in [-0.15, -0.1) is 0 Å². The zero-order valence-corrected chi connectivity index (χ0v) is 14.2. The molecule has 0 spiro atoms. The van der Waals surface area contributed by atoms with Crippen LogP contribution in [0.2, 0.25) is 0 Å². The van der Waals surface area contributed by atoms with Crippen LogP contribution in [0.3, 0.4) is 0 Å². The van der Waals surface area contributed by atoms with E-state index in [2.05, 4.69) is 5.32 Å². The molecule has 0 aliphatic carbocycles. The summed E-state index contributed by atoms with van der Waals surface area (Å²) in [6, 6.07) is 13.0. The van der Waals surface area contributed by atoms with E-state index in [4.69, 9.17) is 9.15 Å². The molecule has 3 rings (SSSR count). The van der Waals surface area contributed by atoms with Gasteiger partial charge in [0.25, 0.3) is 5.91 Å². The summed E-state index contributed by atoms with van der Waals surface area (Å²) in [7, 11) is 0. The lowest BCUT2D eigenvalue weighted by Crippen LogP contribution is -2.31. The SMILES string of the molecule is O=C(COC(=O)[C@@H]1CC(=O)N(Cc2ccco2)C1)NCc1ccccc1. The summed E-state index contributed by atoms with van der Waals surface area (Å²) in [5.74, 6) is -0.932. The highest BCUT2D eigenvalue weighted by atomic mass is 16.5. The molecule has 1 N–H and O–H groups in total. The van der Waals surface area contributed by atoms with E-state index in [1.807, 2.05) is 30.3 Å². The van der Waals surface area contributed by atoms with Gasteiger partial charge in [-0.2, -0.15) is 0 Å². The number of esters is 1. The van der Waals surface area contributed by atoms with Gasteiger partial charge in [0.05, 0.1) is 18.7 Å². The largest absolute Gasteiger partial charge is 0.467 e. The molecule has 1 atom stereocenters. The predicted octanol–water partition coefficient (Wildman–Crippen LogP) is 1.49. The van der Waals surface area contributed by atoms with Crippen LogP contribution in [-0.4, -0.2) is 35.8 Å². The molecule has 1 saturated heterocycles. The van der Waals surface area contributed by atoms with Gasteiger partial charge in [0.1, 0.15) is 5.76 Å². The Labute approximate surface area is 150 Å². The van der Waals surface area contributed by atoms with Gasteiger partial charge in [-0.25, -0.2) is 0 Å². The zero-order valence-electron chi connectivity index (χ0n) is 14.2. The van der Waals surface area contributed by atoms with Crippen LogP contribution in [-0.2, 0) is 32.2 Å². The van der Waals surface area contributed by atoms with E-state index in [1.54, 1.807) is 17.0 Å². The molecular formula is C19H20N2O5. The van der Waals surface area contributed by atoms with Gasteiger partial charge < -0.3 is 19.4 Å². The summed E-state index contributed by atoms with van der Waals surface area (Å²) in [6.07, 6.45) is 1.63. The molecule has 1 aliphatic rings. The third-order valence-electron chi connectivity index (χ3n) is 4.15. The lowest BCUT2D eigenvalue weighted by atomic mass is 10.1. The fraction of sp³-hybridized carbons (Fsp3) is 0.316. The van der Waals surface area contributed by atoms with Gasteiger partial charge >= 0.3 is 5.97 Å². The number of carbonyl (C=O) groups is 3. The number of benzene rings is 1. The number of nitrogens with zero attached hydrogens (tertiary/aromatic N) is 1. The third kappa shape index (κ3) is 4.72. The molecule has 1 aliphatic heterocycles. The average molecular weight is 356 g/mol. The highest BCUT2D eigenvalue weighted by Gasteiger charge is 2.35. The summed E-state index contributed by atoms with van der Waals surface area (Å²) in [5.41, 5.74) is 0.960. The van der Waals surface area contributed by atoms with Crippen LogP contribution in [0, 0.1) is 5.92 Å². The van der Waals surface area contributed by atoms with Crippen LogP contribution in [0.4, 0.5) is 0 Å². The Morgan fingerprint density at radius 3 is 2.73 bits per heavy atom. The monoisotopic (exact) mass is 356 g/mol. The second-order valence-electron chi connectivity index (χ2n) is 6.12. The molecule has 1 fully saturated rings. The maximum atomic E-state index is 12.1. The standard InChI is InChI=1S/C19H20N2O5/c22-17(20-10-14-5-2-1-3-6-14)13-26-19(24)15-9-18(23)21(11-15)12-16-7-4-8-25-16/h1-8,15H,9-13H2,(H,20,22)/t15-/m1/s1. The van der Waals surface area contributed by atoms with Crippen LogP contribution >= 0.6 is 0 Å². The van der Waals surface area contributed by atoms with Gasteiger partial charge in [0.2, 0.25) is 5.91 Å². The third-order valence-corrected chi connectivity index (χ3v) is 4.15. The highest BCUT2D eigenvalue weighted by Crippen LogP contribution is 2.21. The lowest BCUT2D eigenvalue weighted by Gasteiger charge is -2.14. The van der Waals surface area contributed by atoms with E-state index < -0.39 is 11.9 Å². The number of carbonyl (C=O) groups excluding carboxylic acids is 3. The number of likely N-dealkylation sites (tertiary alicyclic amines) is 1. The molecule has 7 nitrogen and oxygen atoms in total. The lowest BCUT2D eigenvalue weighted by molar-refractivity contribution is -0.152. The molecule has 1 aromatic carbocycles. The van der Waals surface area contributed by atoms with E-state index in [1.165, 1.54) is 6.26 Å². The maximum Gasteiger partial charge on any atom is 0.311 e. The van der Waals surface area contributed by atoms with Crippen molar-refractivity contribution in [2.45, 2.75) is 19.5 Å². The first-order chi connectivity index (χ1) is 12.6. The van der Waals surface area contributed by atoms with Crippen LogP contribution in [0.15, 0.2) is 53.1 Å². The molecule has 136 valence electrons. The number of ether oxygens (including phenoxy) is 1. The summed E-state index contributed by atoms with van der Waals surface area (Å²) in [4.78, 5) is 37.5. The van der Waals surface area contributed by atoms with E-state index in [0.29, 0.717) is 18.8 Å². The predicted molar refractivity (Wildman–Crippen MR) is 91.5 cm³/mol. The minimum Gasteiger partial charge on any atom is -0.467 e. The Bertz CT molecular complexity index is 758. The minimum atomic E-state index is -0.556. The van der Waals surface area contributed by atoms with Crippen LogP contribution in [0.5, 0.6) is 0 Å². The Morgan fingerprint density at radius 1 is 1.19 bits per heavy atom. The summed E-state index contributed by atoms with van der Waals surface area (Å²) >= 11 is 0. The van der Waals surface area contributed by atoms with Gasteiger partial charge in [0.15, 0.2) is 6.61 Å². The second-order valence-corrected chi connectivity index (χ2v) is 6.12. The smallest absolute Gasteiger partial charge is 0.311 e. The van der Waals surface area contributed by atoms with Crippen molar-refractivity contribution in [1.82, 2.24) is 10.2 Å². The van der Waals surface area contributed by atoms with Crippen molar-refractivity contribution in [2.24, 2.45) is 5.92 Å². The molecule has 0 saturated carbocycles. The van der Waals surface area contributed by atoms with E-state index in [9.17, 15) is 14.4 Å². The van der Waals surface area contributed by atoms with Gasteiger partial charge in [-0.1, -0.05) is 30.3 Å². The molecule has 2 heterocycles. The van der Waals surface area contributed by atoms with Crippen molar-refractivity contribution in [3.05, 3.63) is 60.1 Å². The van der Waals surface area contributed by atoms with E-state index >= 15 is 0 Å². The molecule has 0 unspecified atom stereocenters. The van der Waals surface area contributed by atoms with Crippen LogP contribution < -0.4 is 5.32 Å². The van der Waals surface area contributed by atoms with Crippen molar-refractivity contribution >= 4 is 17.8 Å². The van der Waals surface area contributed by atoms with E-state index in [0.717, 1.165) is 5.56 Å². The maximum absolute atomic E-state index is 12.1. The Balaban J connectivity index is 1.40. The molecule has 1 aromatic heterocycles. The van der Waals surface area contributed by atoms with Crippen molar-refractivity contribution in [1.29, 1.82) is 0 Å². The normalized spacial score (nSPS) is 16.5. The summed E-state index contributed by atoms with van der Waals surface area (Å²) in [6.45, 7) is 0.613. The number of furan rings is 1. The fourth-order valence-corrected chi connectivity index (χ4v) is 2.78. The number of amides is 2. The first-order valence-corrected chi connectivity index (χ1v) is 8.39. The van der Waals surface area contributed by atoms with Crippen molar-refractivity contribution in [2.75, 3.05) is 13.2 Å².